The van der Waals surface area contributed by atoms with E-state index < -0.39 is 5.60 Å². The molecule has 1 aliphatic carbocycles. The third-order valence-electron chi connectivity index (χ3n) is 2.36. The van der Waals surface area contributed by atoms with Crippen LogP contribution in [-0.2, 0) is 6.54 Å². The summed E-state index contributed by atoms with van der Waals surface area (Å²) < 4.78 is 0. The second-order valence-corrected chi connectivity index (χ2v) is 3.40. The summed E-state index contributed by atoms with van der Waals surface area (Å²) in [5, 5.41) is 21.1. The van der Waals surface area contributed by atoms with E-state index in [4.69, 9.17) is 0 Å². The lowest BCUT2D eigenvalue weighted by Crippen LogP contribution is -2.31. The lowest BCUT2D eigenvalue weighted by molar-refractivity contribution is 0.0220. The van der Waals surface area contributed by atoms with Crippen molar-refractivity contribution in [1.82, 2.24) is 20.2 Å². The molecule has 0 spiro atoms. The molecular weight excluding hydrogens is 156 g/mol. The summed E-state index contributed by atoms with van der Waals surface area (Å²) in [5.41, 5.74) is -0.583. The number of tetrazole rings is 1. The topological polar surface area (TPSA) is 63.8 Å². The number of aromatic nitrogens is 4. The van der Waals surface area contributed by atoms with Gasteiger partial charge >= 0.3 is 0 Å². The van der Waals surface area contributed by atoms with Gasteiger partial charge in [-0.15, -0.1) is 10.2 Å². The second-order valence-electron chi connectivity index (χ2n) is 3.40. The molecule has 5 nitrogen and oxygen atoms in total. The van der Waals surface area contributed by atoms with Crippen molar-refractivity contribution in [1.29, 1.82) is 0 Å². The molecule has 1 heterocycles. The normalized spacial score (nSPS) is 21.4. The quantitative estimate of drug-likeness (QED) is 0.674. The second kappa shape index (κ2) is 2.82. The van der Waals surface area contributed by atoms with Gasteiger partial charge in [0.2, 0.25) is 0 Å². The number of rotatable bonds is 2. The molecule has 12 heavy (non-hydrogen) atoms. The summed E-state index contributed by atoms with van der Waals surface area (Å²) in [6.07, 6.45) is 5.30. The van der Waals surface area contributed by atoms with E-state index in [1.165, 1.54) is 11.1 Å². The van der Waals surface area contributed by atoms with Crippen LogP contribution in [0.3, 0.4) is 0 Å². The SMILES string of the molecule is OC1(Cn2ncnn2)CCCC1. The zero-order valence-corrected chi connectivity index (χ0v) is 6.85. The van der Waals surface area contributed by atoms with Crippen molar-refractivity contribution >= 4 is 0 Å². The van der Waals surface area contributed by atoms with E-state index in [0.29, 0.717) is 6.54 Å². The Kier molecular flexibility index (Phi) is 1.80. The van der Waals surface area contributed by atoms with Crippen molar-refractivity contribution < 1.29 is 5.11 Å². The fourth-order valence-electron chi connectivity index (χ4n) is 1.72. The van der Waals surface area contributed by atoms with E-state index in [-0.39, 0.29) is 0 Å². The number of nitrogens with zero attached hydrogens (tertiary/aromatic N) is 4. The van der Waals surface area contributed by atoms with Crippen molar-refractivity contribution in [3.63, 3.8) is 0 Å². The predicted molar refractivity (Wildman–Crippen MR) is 41.2 cm³/mol. The van der Waals surface area contributed by atoms with Gasteiger partial charge in [0.05, 0.1) is 12.1 Å². The average molecular weight is 168 g/mol. The minimum absolute atomic E-state index is 0.479. The summed E-state index contributed by atoms with van der Waals surface area (Å²) in [6, 6.07) is 0. The molecule has 1 N–H and O–H groups in total. The monoisotopic (exact) mass is 168 g/mol. The molecule has 0 radical (unpaired) electrons. The maximum atomic E-state index is 9.93. The Labute approximate surface area is 70.4 Å². The summed E-state index contributed by atoms with van der Waals surface area (Å²) in [6.45, 7) is 0.479. The molecule has 0 aliphatic heterocycles. The van der Waals surface area contributed by atoms with Crippen molar-refractivity contribution in [2.75, 3.05) is 0 Å². The fourth-order valence-corrected chi connectivity index (χ4v) is 1.72. The number of hydrogen-bond acceptors (Lipinski definition) is 4. The van der Waals surface area contributed by atoms with Gasteiger partial charge in [-0.05, 0) is 18.1 Å². The van der Waals surface area contributed by atoms with Gasteiger partial charge in [-0.1, -0.05) is 12.8 Å². The van der Waals surface area contributed by atoms with Crippen LogP contribution in [-0.4, -0.2) is 30.9 Å². The Morgan fingerprint density at radius 2 is 2.17 bits per heavy atom. The van der Waals surface area contributed by atoms with Crippen LogP contribution in [0.1, 0.15) is 25.7 Å². The minimum Gasteiger partial charge on any atom is -0.388 e. The smallest absolute Gasteiger partial charge is 0.162 e. The summed E-state index contributed by atoms with van der Waals surface area (Å²) in [4.78, 5) is 1.45. The highest BCUT2D eigenvalue weighted by molar-refractivity contribution is 4.82. The van der Waals surface area contributed by atoms with E-state index in [2.05, 4.69) is 15.4 Å². The molecule has 0 unspecified atom stereocenters. The van der Waals surface area contributed by atoms with Crippen LogP contribution in [0, 0.1) is 0 Å². The maximum absolute atomic E-state index is 9.93. The molecule has 1 aromatic rings. The van der Waals surface area contributed by atoms with Crippen LogP contribution in [0.25, 0.3) is 0 Å². The van der Waals surface area contributed by atoms with E-state index in [9.17, 15) is 5.11 Å². The van der Waals surface area contributed by atoms with Crippen LogP contribution in [0.2, 0.25) is 0 Å². The summed E-state index contributed by atoms with van der Waals surface area (Å²) >= 11 is 0. The molecule has 0 amide bonds. The highest BCUT2D eigenvalue weighted by Crippen LogP contribution is 2.30. The molecule has 0 bridgehead atoms. The Morgan fingerprint density at radius 1 is 1.42 bits per heavy atom. The zero-order chi connectivity index (χ0) is 8.44. The largest absolute Gasteiger partial charge is 0.388 e. The number of aliphatic hydroxyl groups is 1. The first-order chi connectivity index (χ1) is 5.79. The molecule has 1 saturated carbocycles. The van der Waals surface area contributed by atoms with Crippen LogP contribution < -0.4 is 0 Å². The van der Waals surface area contributed by atoms with E-state index >= 15 is 0 Å². The minimum atomic E-state index is -0.583. The Balaban J connectivity index is 2.02. The van der Waals surface area contributed by atoms with Crippen molar-refractivity contribution in [3.05, 3.63) is 6.33 Å². The Morgan fingerprint density at radius 3 is 2.75 bits per heavy atom. The molecular formula is C7H12N4O. The molecule has 0 aromatic carbocycles. The molecule has 1 aliphatic rings. The molecule has 0 saturated heterocycles. The van der Waals surface area contributed by atoms with Crippen LogP contribution in [0.5, 0.6) is 0 Å². The maximum Gasteiger partial charge on any atom is 0.162 e. The summed E-state index contributed by atoms with van der Waals surface area (Å²) in [7, 11) is 0. The average Bonchev–Trinajstić information content (AvgIpc) is 2.62. The molecule has 2 rings (SSSR count). The van der Waals surface area contributed by atoms with Gasteiger partial charge in [-0.3, -0.25) is 0 Å². The van der Waals surface area contributed by atoms with Crippen LogP contribution in [0.4, 0.5) is 0 Å². The van der Waals surface area contributed by atoms with Gasteiger partial charge in [0.25, 0.3) is 0 Å². The lowest BCUT2D eigenvalue weighted by atomic mass is 10.0. The first kappa shape index (κ1) is 7.67. The molecule has 5 heteroatoms. The first-order valence-corrected chi connectivity index (χ1v) is 4.22. The summed E-state index contributed by atoms with van der Waals surface area (Å²) in [5.74, 6) is 0. The van der Waals surface area contributed by atoms with Gasteiger partial charge in [0, 0.05) is 0 Å². The zero-order valence-electron chi connectivity index (χ0n) is 6.85. The lowest BCUT2D eigenvalue weighted by Gasteiger charge is -2.19. The van der Waals surface area contributed by atoms with Gasteiger partial charge in [0.1, 0.15) is 0 Å². The first-order valence-electron chi connectivity index (χ1n) is 4.22. The van der Waals surface area contributed by atoms with Gasteiger partial charge in [-0.25, -0.2) is 0 Å². The third kappa shape index (κ3) is 1.45. The number of hydrogen-bond donors (Lipinski definition) is 1. The highest BCUT2D eigenvalue weighted by Gasteiger charge is 2.32. The standard InChI is InChI=1S/C7H12N4O/c12-7(3-1-2-4-7)5-11-9-6-8-10-11/h6,12H,1-5H2. The fraction of sp³-hybridized carbons (Fsp3) is 0.857. The van der Waals surface area contributed by atoms with Crippen molar-refractivity contribution in [3.8, 4) is 0 Å². The third-order valence-corrected chi connectivity index (χ3v) is 2.36. The molecule has 0 atom stereocenters. The van der Waals surface area contributed by atoms with Crippen LogP contribution >= 0.6 is 0 Å². The Hall–Kier alpha value is -0.970. The highest BCUT2D eigenvalue weighted by atomic mass is 16.3. The Bertz CT molecular complexity index is 240. The van der Waals surface area contributed by atoms with Crippen molar-refractivity contribution in [2.45, 2.75) is 37.8 Å². The molecule has 66 valence electrons. The van der Waals surface area contributed by atoms with Crippen molar-refractivity contribution in [2.24, 2.45) is 0 Å². The van der Waals surface area contributed by atoms with Gasteiger partial charge in [-0.2, -0.15) is 4.80 Å². The predicted octanol–water partition coefficient (Wildman–Crippen LogP) is -0.0218. The van der Waals surface area contributed by atoms with Gasteiger partial charge < -0.3 is 5.11 Å². The molecule has 1 fully saturated rings. The van der Waals surface area contributed by atoms with E-state index in [1.54, 1.807) is 0 Å². The molecule has 1 aromatic heterocycles. The van der Waals surface area contributed by atoms with Gasteiger partial charge in [0.15, 0.2) is 6.33 Å². The van der Waals surface area contributed by atoms with E-state index in [0.717, 1.165) is 25.7 Å². The van der Waals surface area contributed by atoms with Crippen LogP contribution in [0.15, 0.2) is 6.33 Å². The van der Waals surface area contributed by atoms with E-state index in [1.807, 2.05) is 0 Å².